The molecule has 0 fully saturated rings. The molecule has 2 aromatic rings. The van der Waals surface area contributed by atoms with Gasteiger partial charge in [-0.15, -0.1) is 0 Å². The molecule has 2 N–H and O–H groups in total. The van der Waals surface area contributed by atoms with Gasteiger partial charge >= 0.3 is 12.4 Å². The second-order valence-corrected chi connectivity index (χ2v) is 7.56. The van der Waals surface area contributed by atoms with Gasteiger partial charge in [-0.1, -0.05) is 0 Å². The van der Waals surface area contributed by atoms with Crippen LogP contribution in [0.3, 0.4) is 0 Å². The molecule has 1 amide bonds. The van der Waals surface area contributed by atoms with Crippen molar-refractivity contribution in [3.8, 4) is 0 Å². The Morgan fingerprint density at radius 2 is 1.82 bits per heavy atom. The lowest BCUT2D eigenvalue weighted by Gasteiger charge is -2.29. The molecule has 8 nitrogen and oxygen atoms in total. The monoisotopic (exact) mass is 491 g/mol. The van der Waals surface area contributed by atoms with Crippen molar-refractivity contribution in [2.75, 3.05) is 18.0 Å². The lowest BCUT2D eigenvalue weighted by molar-refractivity contribution is -0.139. The Morgan fingerprint density at radius 3 is 2.38 bits per heavy atom. The highest BCUT2D eigenvalue weighted by Crippen LogP contribution is 2.30. The number of carbonyl (C=O) groups is 1. The summed E-state index contributed by atoms with van der Waals surface area (Å²) < 4.78 is 76.8. The van der Waals surface area contributed by atoms with Gasteiger partial charge in [0.05, 0.1) is 5.56 Å². The number of pyridine rings is 1. The van der Waals surface area contributed by atoms with Crippen molar-refractivity contribution >= 4 is 11.9 Å². The zero-order valence-electron chi connectivity index (χ0n) is 17.8. The second-order valence-electron chi connectivity index (χ2n) is 7.56. The summed E-state index contributed by atoms with van der Waals surface area (Å²) in [6.07, 6.45) is -7.79. The summed E-state index contributed by atoms with van der Waals surface area (Å²) in [5, 5.41) is 0. The van der Waals surface area contributed by atoms with Gasteiger partial charge in [-0.05, 0) is 31.9 Å². The first-order valence-electron chi connectivity index (χ1n) is 9.86. The van der Waals surface area contributed by atoms with Crippen LogP contribution in [-0.2, 0) is 22.0 Å². The van der Waals surface area contributed by atoms with E-state index in [9.17, 15) is 35.9 Å². The van der Waals surface area contributed by atoms with E-state index in [1.165, 1.54) is 6.92 Å². The van der Waals surface area contributed by atoms with E-state index in [4.69, 9.17) is 4.84 Å². The molecule has 14 heteroatoms. The lowest BCUT2D eigenvalue weighted by Crippen LogP contribution is -2.37. The first-order valence-corrected chi connectivity index (χ1v) is 9.86. The number of hydroxylamine groups is 1. The van der Waals surface area contributed by atoms with Crippen LogP contribution in [0.5, 0.6) is 0 Å². The van der Waals surface area contributed by atoms with E-state index in [2.05, 4.69) is 15.4 Å². The number of rotatable bonds is 5. The van der Waals surface area contributed by atoms with Gasteiger partial charge in [-0.3, -0.25) is 14.4 Å². The molecule has 0 aromatic carbocycles. The Morgan fingerprint density at radius 1 is 1.18 bits per heavy atom. The highest BCUT2D eigenvalue weighted by molar-refractivity contribution is 5.94. The number of carbonyl (C=O) groups excluding carboxylic acids is 1. The molecular weight excluding hydrogens is 472 g/mol. The number of hydrogen-bond donors (Lipinski definition) is 2. The molecule has 0 saturated heterocycles. The number of nitrogens with one attached hydrogen (secondary N) is 2. The normalized spacial score (nSPS) is 15.9. The number of halogens is 6. The first kappa shape index (κ1) is 25.2. The Bertz CT molecular complexity index is 1140. The molecule has 2 aromatic heterocycles. The van der Waals surface area contributed by atoms with Crippen molar-refractivity contribution < 1.29 is 36.0 Å². The summed E-state index contributed by atoms with van der Waals surface area (Å²) in [5.41, 5.74) is -0.531. The van der Waals surface area contributed by atoms with Gasteiger partial charge in [-0.2, -0.15) is 26.3 Å². The summed E-state index contributed by atoms with van der Waals surface area (Å²) in [7, 11) is 0. The molecule has 0 aliphatic carbocycles. The topological polar surface area (TPSA) is 100 Å². The molecule has 0 radical (unpaired) electrons. The van der Waals surface area contributed by atoms with E-state index >= 15 is 0 Å². The van der Waals surface area contributed by atoms with E-state index in [-0.39, 0.29) is 31.0 Å². The standard InChI is InChI=1S/C20H19F6N5O3/c1-10-9-31(18-28-7-13(8-29-18)19(21,22)23)4-3-14(10)16(32)30-34-11(2)12-5-15(20(24,25)26)17(33)27-6-12/h5-8,11H,3-4,9H2,1-2H3,(H,27,33)(H,30,32)/t11-/m1/s1. The average Bonchev–Trinajstić information content (AvgIpc) is 2.76. The first-order chi connectivity index (χ1) is 15.8. The van der Waals surface area contributed by atoms with Gasteiger partial charge in [0, 0.05) is 42.8 Å². The van der Waals surface area contributed by atoms with Crippen LogP contribution in [0.4, 0.5) is 32.3 Å². The van der Waals surface area contributed by atoms with Crippen LogP contribution in [0, 0.1) is 0 Å². The number of H-pyrrole nitrogens is 1. The fourth-order valence-corrected chi connectivity index (χ4v) is 3.25. The SMILES string of the molecule is CC1=C(C(=O)NO[C@H](C)c2c[nH]c(=O)c(C(F)(F)F)c2)CCN(c2ncc(C(F)(F)F)cn2)C1. The lowest BCUT2D eigenvalue weighted by atomic mass is 10.0. The number of aromatic amines is 1. The number of aromatic nitrogens is 3. The molecule has 1 aliphatic heterocycles. The average molecular weight is 491 g/mol. The van der Waals surface area contributed by atoms with E-state index in [1.54, 1.807) is 11.8 Å². The fraction of sp³-hybridized carbons (Fsp3) is 0.400. The number of alkyl halides is 6. The number of anilines is 1. The minimum atomic E-state index is -4.85. The van der Waals surface area contributed by atoms with Crippen molar-refractivity contribution in [3.63, 3.8) is 0 Å². The van der Waals surface area contributed by atoms with Gasteiger partial charge in [0.2, 0.25) is 5.95 Å². The van der Waals surface area contributed by atoms with E-state index in [0.717, 1.165) is 6.20 Å². The largest absolute Gasteiger partial charge is 0.421 e. The molecule has 3 heterocycles. The van der Waals surface area contributed by atoms with Gasteiger partial charge in [0.1, 0.15) is 11.7 Å². The second kappa shape index (κ2) is 9.44. The summed E-state index contributed by atoms with van der Waals surface area (Å²) >= 11 is 0. The van der Waals surface area contributed by atoms with Gasteiger partial charge in [0.15, 0.2) is 0 Å². The van der Waals surface area contributed by atoms with Crippen LogP contribution in [0.25, 0.3) is 0 Å². The Kier molecular flexibility index (Phi) is 7.00. The van der Waals surface area contributed by atoms with Gasteiger partial charge in [0.25, 0.3) is 11.5 Å². The molecule has 3 rings (SSSR count). The molecule has 0 unspecified atom stereocenters. The number of nitrogens with zero attached hydrogens (tertiary/aromatic N) is 3. The minimum Gasteiger partial charge on any atom is -0.336 e. The van der Waals surface area contributed by atoms with Crippen LogP contribution < -0.4 is 15.9 Å². The summed E-state index contributed by atoms with van der Waals surface area (Å²) in [6.45, 7) is 3.46. The predicted octanol–water partition coefficient (Wildman–Crippen LogP) is 3.54. The molecule has 184 valence electrons. The van der Waals surface area contributed by atoms with Crippen LogP contribution in [0.2, 0.25) is 0 Å². The van der Waals surface area contributed by atoms with Crippen molar-refractivity contribution in [2.45, 2.75) is 38.7 Å². The third kappa shape index (κ3) is 5.73. The zero-order valence-corrected chi connectivity index (χ0v) is 17.8. The van der Waals surface area contributed by atoms with E-state index in [1.807, 2.05) is 4.98 Å². The molecule has 34 heavy (non-hydrogen) atoms. The molecular formula is C20H19F6N5O3. The van der Waals surface area contributed by atoms with Crippen LogP contribution >= 0.6 is 0 Å². The molecule has 0 saturated carbocycles. The number of hydrogen-bond acceptors (Lipinski definition) is 6. The summed E-state index contributed by atoms with van der Waals surface area (Å²) in [6, 6.07) is 0.642. The maximum atomic E-state index is 12.9. The van der Waals surface area contributed by atoms with E-state index < -0.39 is 41.0 Å². The minimum absolute atomic E-state index is 0.00722. The third-order valence-corrected chi connectivity index (χ3v) is 5.13. The number of amides is 1. The molecule has 0 spiro atoms. The van der Waals surface area contributed by atoms with Crippen molar-refractivity contribution in [3.05, 3.63) is 62.8 Å². The molecule has 1 atom stereocenters. The van der Waals surface area contributed by atoms with Crippen molar-refractivity contribution in [1.29, 1.82) is 0 Å². The van der Waals surface area contributed by atoms with Crippen LogP contribution in [0.15, 0.2) is 40.6 Å². The Hall–Kier alpha value is -3.42. The van der Waals surface area contributed by atoms with Crippen molar-refractivity contribution in [1.82, 2.24) is 20.4 Å². The van der Waals surface area contributed by atoms with Crippen molar-refractivity contribution in [2.24, 2.45) is 0 Å². The Labute approximate surface area is 188 Å². The maximum Gasteiger partial charge on any atom is 0.421 e. The molecule has 1 aliphatic rings. The van der Waals surface area contributed by atoms with Gasteiger partial charge < -0.3 is 9.88 Å². The molecule has 0 bridgehead atoms. The predicted molar refractivity (Wildman–Crippen MR) is 106 cm³/mol. The smallest absolute Gasteiger partial charge is 0.336 e. The Balaban J connectivity index is 1.63. The summed E-state index contributed by atoms with van der Waals surface area (Å²) in [4.78, 5) is 40.2. The zero-order chi connectivity index (χ0) is 25.3. The maximum absolute atomic E-state index is 12.9. The quantitative estimate of drug-likeness (QED) is 0.491. The highest BCUT2D eigenvalue weighted by atomic mass is 19.4. The fourth-order valence-electron chi connectivity index (χ4n) is 3.25. The summed E-state index contributed by atoms with van der Waals surface area (Å²) in [5.74, 6) is -0.534. The highest BCUT2D eigenvalue weighted by Gasteiger charge is 2.35. The van der Waals surface area contributed by atoms with E-state index in [0.29, 0.717) is 29.6 Å². The van der Waals surface area contributed by atoms with Crippen LogP contribution in [-0.4, -0.2) is 33.9 Å². The third-order valence-electron chi connectivity index (χ3n) is 5.13. The van der Waals surface area contributed by atoms with Crippen LogP contribution in [0.1, 0.15) is 43.1 Å². The van der Waals surface area contributed by atoms with Gasteiger partial charge in [-0.25, -0.2) is 15.4 Å².